The summed E-state index contributed by atoms with van der Waals surface area (Å²) in [7, 11) is 0. The number of nitrogens with one attached hydrogen (secondary N) is 12. The molecular weight excluding hydrogens is 1280 g/mol. The summed E-state index contributed by atoms with van der Waals surface area (Å²) in [4.78, 5) is 181. The van der Waals surface area contributed by atoms with E-state index in [0.717, 1.165) is 6.92 Å². The van der Waals surface area contributed by atoms with E-state index in [1.54, 1.807) is 74.8 Å². The number of guanidine groups is 1. The quantitative estimate of drug-likeness (QED) is 0.0118. The van der Waals surface area contributed by atoms with Crippen LogP contribution in [0.1, 0.15) is 88.1 Å². The Morgan fingerprint density at radius 3 is 1.68 bits per heavy atom. The third-order valence-corrected chi connectivity index (χ3v) is 16.4. The second kappa shape index (κ2) is 36.1. The van der Waals surface area contributed by atoms with Crippen LogP contribution in [0.4, 0.5) is 0 Å². The van der Waals surface area contributed by atoms with Crippen molar-refractivity contribution in [2.24, 2.45) is 28.1 Å². The first-order valence-electron chi connectivity index (χ1n) is 32.3. The number of fused-ring (bicyclic) bond motifs is 2. The van der Waals surface area contributed by atoms with Crippen LogP contribution in [-0.4, -0.2) is 198 Å². The van der Waals surface area contributed by atoms with E-state index in [1.807, 2.05) is 0 Å². The Morgan fingerprint density at radius 1 is 0.646 bits per heavy atom. The fourth-order valence-electron chi connectivity index (χ4n) is 11.5. The van der Waals surface area contributed by atoms with Crippen LogP contribution in [-0.2, 0) is 83.2 Å². The molecule has 2 fully saturated rings. The molecule has 33 nitrogen and oxygen atoms in total. The SMILES string of the molecule is CC(=O)O.CC(C)CC(NC(=O)C(Cc1c[nH]c2ccccc12)NC(=O)C(Cc1ccc(O)cc1)NC(=O)C(CO)NC(=O)C(Cc1c[nH]c2ccccc12)NC(=O)C(Cc1cnc[nH]1)NC(=O)C1CCC(=O)N1)C(=O)NC(CCCN=C(N)N)C(=O)N1CCCC1C(=O)NCC(N)=O. The molecule has 6 aromatic rings. The number of carboxylic acid groups (broad SMARTS) is 1. The minimum Gasteiger partial charge on any atom is -0.508 e. The lowest BCUT2D eigenvalue weighted by atomic mass is 9.99. The van der Waals surface area contributed by atoms with Gasteiger partial charge in [0.05, 0.1) is 19.5 Å². The summed E-state index contributed by atoms with van der Waals surface area (Å²) in [5, 5.41) is 53.9. The Hall–Kier alpha value is -11.4. The number of likely N-dealkylation sites (tertiary alicyclic amines) is 1. The molecule has 21 N–H and O–H groups in total. The number of hydrogen-bond acceptors (Lipinski definition) is 16. The predicted octanol–water partition coefficient (Wildman–Crippen LogP) is -2.20. The van der Waals surface area contributed by atoms with Gasteiger partial charge in [-0.05, 0) is 85.4 Å². The Bertz CT molecular complexity index is 3860. The highest BCUT2D eigenvalue weighted by molar-refractivity contribution is 6.00. The number of benzene rings is 3. The van der Waals surface area contributed by atoms with Crippen molar-refractivity contribution in [1.82, 2.24) is 72.7 Å². The topological polar surface area (TPSA) is 528 Å². The van der Waals surface area contributed by atoms with E-state index < -0.39 is 133 Å². The highest BCUT2D eigenvalue weighted by Gasteiger charge is 2.40. The van der Waals surface area contributed by atoms with Crippen molar-refractivity contribution >= 4 is 98.7 Å². The minimum absolute atomic E-state index is 0.00905. The van der Waals surface area contributed by atoms with Gasteiger partial charge in [-0.15, -0.1) is 0 Å². The fourth-order valence-corrected chi connectivity index (χ4v) is 11.5. The number of aromatic amines is 3. The second-order valence-corrected chi connectivity index (χ2v) is 24.5. The van der Waals surface area contributed by atoms with Gasteiger partial charge in [-0.25, -0.2) is 4.98 Å². The number of aromatic nitrogens is 4. The van der Waals surface area contributed by atoms with Crippen LogP contribution in [0.3, 0.4) is 0 Å². The maximum absolute atomic E-state index is 15.1. The zero-order chi connectivity index (χ0) is 71.9. The number of hydrogen-bond donors (Lipinski definition) is 18. The molecule has 3 aromatic carbocycles. The molecule has 9 atom stereocenters. The number of H-pyrrole nitrogens is 3. The van der Waals surface area contributed by atoms with Gasteiger partial charge in [0.15, 0.2) is 5.96 Å². The molecule has 3 aromatic heterocycles. The molecule has 99 heavy (non-hydrogen) atoms. The van der Waals surface area contributed by atoms with E-state index >= 15 is 9.59 Å². The molecule has 2 aliphatic rings. The molecular formula is C66H86N18O15. The van der Waals surface area contributed by atoms with Gasteiger partial charge < -0.3 is 100 Å². The number of carboxylic acids is 1. The standard InChI is InChI=1S/C64H82N18O13.C2H4O2/c1-34(2)23-46(56(88)75-45(13-7-21-69-64(66)67)63(95)82-22-8-14-52(82)62(94)72-31-53(65)85)76-58(90)48(25-36-28-70-42-11-5-3-9-40(36)42)78-57(89)47(24-35-15-17-39(84)18-16-35)77-61(93)51(32-83)81-59(91)49(26-37-29-71-43-12-6-4-10-41(37)43)79-60(92)50(27-38-30-68-33-73-38)80-55(87)44-19-20-54(86)74-44;1-2(3)4/h3-6,9-12,15-18,28-30,33-34,44-52,70-71,83-84H,7-8,13-14,19-27,31-32H2,1-2H3,(H2,65,85)(H,68,73)(H,72,94)(H,74,86)(H,75,88)(H,76,90)(H,77,93)(H,78,89)(H,79,92)(H,80,87)(H,81,91)(H4,66,67,69);1H3,(H,3,4). The number of phenolic OH excluding ortho intramolecular Hbond substituents is 1. The van der Waals surface area contributed by atoms with Gasteiger partial charge in [0, 0.05) is 98.2 Å². The number of aliphatic imine (C=N–C) groups is 1. The van der Waals surface area contributed by atoms with Crippen molar-refractivity contribution in [2.75, 3.05) is 26.2 Å². The van der Waals surface area contributed by atoms with Crippen LogP contribution in [0, 0.1) is 5.92 Å². The van der Waals surface area contributed by atoms with Gasteiger partial charge in [-0.3, -0.25) is 62.5 Å². The lowest BCUT2D eigenvalue weighted by molar-refractivity contribution is -0.142. The fraction of sp³-hybridized carbons (Fsp3) is 0.424. The van der Waals surface area contributed by atoms with E-state index in [1.165, 1.54) is 41.7 Å². The molecule has 33 heteroatoms. The van der Waals surface area contributed by atoms with Crippen molar-refractivity contribution in [3.63, 3.8) is 0 Å². The number of para-hydroxylation sites is 2. The van der Waals surface area contributed by atoms with Gasteiger partial charge in [0.1, 0.15) is 60.1 Å². The largest absolute Gasteiger partial charge is 0.508 e. The molecule has 0 bridgehead atoms. The molecule has 2 saturated heterocycles. The van der Waals surface area contributed by atoms with Crippen LogP contribution in [0.5, 0.6) is 5.75 Å². The number of aromatic hydroxyl groups is 1. The van der Waals surface area contributed by atoms with E-state index in [-0.39, 0.29) is 101 Å². The van der Waals surface area contributed by atoms with Gasteiger partial charge in [0.2, 0.25) is 65.0 Å². The zero-order valence-electron chi connectivity index (χ0n) is 54.9. The third-order valence-electron chi connectivity index (χ3n) is 16.4. The summed E-state index contributed by atoms with van der Waals surface area (Å²) in [6, 6.07) is 7.78. The van der Waals surface area contributed by atoms with E-state index in [0.29, 0.717) is 50.6 Å². The summed E-state index contributed by atoms with van der Waals surface area (Å²) in [6.07, 6.45) is 6.51. The highest BCUT2D eigenvalue weighted by Crippen LogP contribution is 2.24. The number of nitrogens with two attached hydrogens (primary N) is 3. The molecule has 0 saturated carbocycles. The van der Waals surface area contributed by atoms with Crippen molar-refractivity contribution in [3.05, 3.63) is 120 Å². The summed E-state index contributed by atoms with van der Waals surface area (Å²) in [5.41, 5.74) is 19.8. The second-order valence-electron chi connectivity index (χ2n) is 24.5. The third kappa shape index (κ3) is 22.3. The van der Waals surface area contributed by atoms with Crippen LogP contribution < -0.4 is 65.1 Å². The normalized spacial score (nSPS) is 16.2. The average Bonchev–Trinajstić information content (AvgIpc) is 1.77. The summed E-state index contributed by atoms with van der Waals surface area (Å²) in [6.45, 7) is 3.41. The number of aliphatic carboxylic acids is 1. The number of rotatable bonds is 33. The Kier molecular flexibility index (Phi) is 27.4. The summed E-state index contributed by atoms with van der Waals surface area (Å²) in [5.74, 6) is -9.88. The van der Waals surface area contributed by atoms with Crippen molar-refractivity contribution in [2.45, 2.75) is 146 Å². The van der Waals surface area contributed by atoms with Crippen molar-refractivity contribution < 1.29 is 72.9 Å². The lowest BCUT2D eigenvalue weighted by Crippen LogP contribution is -2.61. The maximum atomic E-state index is 15.1. The molecule has 11 amide bonds. The Balaban J connectivity index is 0.00000335. The first kappa shape index (κ1) is 75.0. The number of amides is 11. The van der Waals surface area contributed by atoms with E-state index in [4.69, 9.17) is 27.1 Å². The number of carbonyl (C=O) groups is 12. The predicted molar refractivity (Wildman–Crippen MR) is 359 cm³/mol. The van der Waals surface area contributed by atoms with Crippen molar-refractivity contribution in [1.29, 1.82) is 0 Å². The number of imidazole rings is 1. The number of aliphatic hydroxyl groups is 1. The van der Waals surface area contributed by atoms with Gasteiger partial charge in [0.25, 0.3) is 5.97 Å². The van der Waals surface area contributed by atoms with Crippen LogP contribution in [0.2, 0.25) is 0 Å². The monoisotopic (exact) mass is 1370 g/mol. The van der Waals surface area contributed by atoms with Crippen LogP contribution >= 0.6 is 0 Å². The summed E-state index contributed by atoms with van der Waals surface area (Å²) >= 11 is 0. The molecule has 2 aliphatic heterocycles. The number of phenols is 1. The Morgan fingerprint density at radius 2 is 1.16 bits per heavy atom. The Labute approximate surface area is 568 Å². The average molecular weight is 1370 g/mol. The number of aliphatic hydroxyl groups excluding tert-OH is 1. The molecule has 9 unspecified atom stereocenters. The molecule has 8 rings (SSSR count). The summed E-state index contributed by atoms with van der Waals surface area (Å²) < 4.78 is 0. The molecule has 530 valence electrons. The van der Waals surface area contributed by atoms with Crippen molar-refractivity contribution in [3.8, 4) is 5.75 Å². The van der Waals surface area contributed by atoms with Crippen LogP contribution in [0.15, 0.2) is 103 Å². The number of carbonyl (C=O) groups excluding carboxylic acids is 11. The van der Waals surface area contributed by atoms with Gasteiger partial charge >= 0.3 is 0 Å². The molecule has 0 spiro atoms. The maximum Gasteiger partial charge on any atom is 0.300 e. The molecule has 0 aliphatic carbocycles. The van der Waals surface area contributed by atoms with Gasteiger partial charge in [-0.2, -0.15) is 0 Å². The van der Waals surface area contributed by atoms with Gasteiger partial charge in [-0.1, -0.05) is 62.4 Å². The number of primary amides is 1. The minimum atomic E-state index is -1.80. The highest BCUT2D eigenvalue weighted by atomic mass is 16.4. The molecule has 5 heterocycles. The van der Waals surface area contributed by atoms with E-state index in [2.05, 4.69) is 72.8 Å². The van der Waals surface area contributed by atoms with E-state index in [9.17, 15) is 53.4 Å². The zero-order valence-corrected chi connectivity index (χ0v) is 54.9. The van der Waals surface area contributed by atoms with Crippen LogP contribution in [0.25, 0.3) is 21.8 Å². The first-order chi connectivity index (χ1) is 47.3. The molecule has 0 radical (unpaired) electrons. The smallest absolute Gasteiger partial charge is 0.300 e. The number of nitrogens with zero attached hydrogens (tertiary/aromatic N) is 3. The first-order valence-corrected chi connectivity index (χ1v) is 32.3. The lowest BCUT2D eigenvalue weighted by Gasteiger charge is -2.30.